The van der Waals surface area contributed by atoms with Crippen molar-refractivity contribution in [3.8, 4) is 0 Å². The molecule has 10 heavy (non-hydrogen) atoms. The standard InChI is InChI=1S/C6H13N3O/c1-4-2-8-3-5(9-4)6(7)10/h4-5,8-9H,2-3H2,1H3,(H2,7,10). The highest BCUT2D eigenvalue weighted by Gasteiger charge is 2.20. The Morgan fingerprint density at radius 3 is 2.70 bits per heavy atom. The minimum Gasteiger partial charge on any atom is -0.368 e. The highest BCUT2D eigenvalue weighted by atomic mass is 16.1. The second-order valence-electron chi connectivity index (χ2n) is 2.68. The number of carbonyl (C=O) groups is 1. The summed E-state index contributed by atoms with van der Waals surface area (Å²) in [5, 5.41) is 6.18. The topological polar surface area (TPSA) is 67.1 Å². The van der Waals surface area contributed by atoms with Gasteiger partial charge >= 0.3 is 0 Å². The third-order valence-corrected chi connectivity index (χ3v) is 1.63. The average Bonchev–Trinajstić information content (AvgIpc) is 1.88. The molecule has 0 aromatic carbocycles. The number of amides is 1. The van der Waals surface area contributed by atoms with Crippen molar-refractivity contribution in [2.75, 3.05) is 13.1 Å². The van der Waals surface area contributed by atoms with Crippen LogP contribution in [0.15, 0.2) is 0 Å². The maximum absolute atomic E-state index is 10.6. The minimum absolute atomic E-state index is 0.191. The quantitative estimate of drug-likeness (QED) is 0.415. The lowest BCUT2D eigenvalue weighted by Crippen LogP contribution is -2.58. The monoisotopic (exact) mass is 143 g/mol. The fraction of sp³-hybridized carbons (Fsp3) is 0.833. The van der Waals surface area contributed by atoms with Crippen LogP contribution in [0.5, 0.6) is 0 Å². The Kier molecular flexibility index (Phi) is 2.24. The van der Waals surface area contributed by atoms with Gasteiger partial charge in [0.25, 0.3) is 0 Å². The number of hydrogen-bond acceptors (Lipinski definition) is 3. The van der Waals surface area contributed by atoms with Crippen molar-refractivity contribution >= 4 is 5.91 Å². The molecule has 0 aliphatic carbocycles. The van der Waals surface area contributed by atoms with Crippen LogP contribution in [0.4, 0.5) is 0 Å². The molecule has 0 aromatic heterocycles. The molecule has 4 heteroatoms. The molecule has 1 fully saturated rings. The number of rotatable bonds is 1. The molecule has 1 aliphatic rings. The van der Waals surface area contributed by atoms with Crippen LogP contribution in [0.1, 0.15) is 6.92 Å². The smallest absolute Gasteiger partial charge is 0.235 e. The molecule has 1 heterocycles. The molecule has 58 valence electrons. The van der Waals surface area contributed by atoms with E-state index in [4.69, 9.17) is 5.73 Å². The normalized spacial score (nSPS) is 33.7. The lowest BCUT2D eigenvalue weighted by Gasteiger charge is -2.27. The van der Waals surface area contributed by atoms with Gasteiger partial charge in [0.1, 0.15) is 0 Å². The SMILES string of the molecule is CC1CNCC(C(N)=O)N1. The van der Waals surface area contributed by atoms with E-state index in [0.717, 1.165) is 6.54 Å². The molecule has 4 N–H and O–H groups in total. The second kappa shape index (κ2) is 2.98. The van der Waals surface area contributed by atoms with E-state index < -0.39 is 0 Å². The maximum Gasteiger partial charge on any atom is 0.235 e. The second-order valence-corrected chi connectivity index (χ2v) is 2.68. The van der Waals surface area contributed by atoms with E-state index in [0.29, 0.717) is 12.6 Å². The van der Waals surface area contributed by atoms with Crippen LogP contribution in [0.2, 0.25) is 0 Å². The molecule has 0 radical (unpaired) electrons. The lowest BCUT2D eigenvalue weighted by atomic mass is 10.1. The zero-order valence-electron chi connectivity index (χ0n) is 6.05. The number of hydrogen-bond donors (Lipinski definition) is 3. The van der Waals surface area contributed by atoms with Crippen molar-refractivity contribution in [3.05, 3.63) is 0 Å². The molecule has 0 spiro atoms. The Morgan fingerprint density at radius 2 is 2.30 bits per heavy atom. The van der Waals surface area contributed by atoms with Gasteiger partial charge in [-0.1, -0.05) is 0 Å². The molecule has 2 unspecified atom stereocenters. The Hall–Kier alpha value is -0.610. The summed E-state index contributed by atoms with van der Waals surface area (Å²) >= 11 is 0. The predicted octanol–water partition coefficient (Wildman–Crippen LogP) is -1.58. The van der Waals surface area contributed by atoms with E-state index >= 15 is 0 Å². The third-order valence-electron chi connectivity index (χ3n) is 1.63. The first kappa shape index (κ1) is 7.50. The summed E-state index contributed by atoms with van der Waals surface area (Å²) in [6.45, 7) is 3.57. The van der Waals surface area contributed by atoms with Crippen molar-refractivity contribution in [1.29, 1.82) is 0 Å². The van der Waals surface area contributed by atoms with Gasteiger partial charge in [0.05, 0.1) is 6.04 Å². The van der Waals surface area contributed by atoms with Gasteiger partial charge in [-0.25, -0.2) is 0 Å². The summed E-state index contributed by atoms with van der Waals surface area (Å²) in [5.74, 6) is -0.279. The first-order valence-electron chi connectivity index (χ1n) is 3.46. The van der Waals surface area contributed by atoms with Crippen LogP contribution in [0, 0.1) is 0 Å². The van der Waals surface area contributed by atoms with Gasteiger partial charge in [0.15, 0.2) is 0 Å². The van der Waals surface area contributed by atoms with Crippen molar-refractivity contribution in [1.82, 2.24) is 10.6 Å². The van der Waals surface area contributed by atoms with Crippen molar-refractivity contribution in [3.63, 3.8) is 0 Å². The largest absolute Gasteiger partial charge is 0.368 e. The first-order valence-corrected chi connectivity index (χ1v) is 3.46. The van der Waals surface area contributed by atoms with Crippen LogP contribution < -0.4 is 16.4 Å². The number of piperazine rings is 1. The number of primary amides is 1. The zero-order chi connectivity index (χ0) is 7.56. The molecule has 0 bridgehead atoms. The highest BCUT2D eigenvalue weighted by molar-refractivity contribution is 5.80. The van der Waals surface area contributed by atoms with Crippen molar-refractivity contribution in [2.45, 2.75) is 19.0 Å². The van der Waals surface area contributed by atoms with Crippen LogP contribution >= 0.6 is 0 Å². The van der Waals surface area contributed by atoms with Crippen LogP contribution in [0.3, 0.4) is 0 Å². The van der Waals surface area contributed by atoms with E-state index in [2.05, 4.69) is 10.6 Å². The first-order chi connectivity index (χ1) is 4.70. The van der Waals surface area contributed by atoms with Crippen molar-refractivity contribution < 1.29 is 4.79 Å². The van der Waals surface area contributed by atoms with E-state index in [1.54, 1.807) is 0 Å². The van der Waals surface area contributed by atoms with Crippen LogP contribution in [-0.2, 0) is 4.79 Å². The molecule has 2 atom stereocenters. The summed E-state index contributed by atoms with van der Waals surface area (Å²) in [7, 11) is 0. The predicted molar refractivity (Wildman–Crippen MR) is 38.4 cm³/mol. The Balaban J connectivity index is 2.39. The molecule has 1 aliphatic heterocycles. The molecule has 0 saturated carbocycles. The summed E-state index contributed by atoms with van der Waals surface area (Å²) < 4.78 is 0. The lowest BCUT2D eigenvalue weighted by molar-refractivity contribution is -0.120. The Bertz CT molecular complexity index is 137. The van der Waals surface area contributed by atoms with E-state index in [-0.39, 0.29) is 11.9 Å². The van der Waals surface area contributed by atoms with Gasteiger partial charge in [-0.2, -0.15) is 0 Å². The molecule has 4 nitrogen and oxygen atoms in total. The fourth-order valence-corrected chi connectivity index (χ4v) is 1.09. The molecule has 1 amide bonds. The van der Waals surface area contributed by atoms with E-state index in [1.165, 1.54) is 0 Å². The number of nitrogens with two attached hydrogens (primary N) is 1. The zero-order valence-corrected chi connectivity index (χ0v) is 6.05. The van der Waals surface area contributed by atoms with E-state index in [1.807, 2.05) is 6.92 Å². The van der Waals surface area contributed by atoms with Crippen LogP contribution in [0.25, 0.3) is 0 Å². The molecule has 1 saturated heterocycles. The van der Waals surface area contributed by atoms with E-state index in [9.17, 15) is 4.79 Å². The Labute approximate surface area is 60.2 Å². The fourth-order valence-electron chi connectivity index (χ4n) is 1.09. The average molecular weight is 143 g/mol. The van der Waals surface area contributed by atoms with Gasteiger partial charge in [0.2, 0.25) is 5.91 Å². The van der Waals surface area contributed by atoms with Gasteiger partial charge < -0.3 is 16.4 Å². The van der Waals surface area contributed by atoms with Gasteiger partial charge in [-0.15, -0.1) is 0 Å². The number of carbonyl (C=O) groups excluding carboxylic acids is 1. The minimum atomic E-state index is -0.279. The van der Waals surface area contributed by atoms with Crippen molar-refractivity contribution in [2.24, 2.45) is 5.73 Å². The summed E-state index contributed by atoms with van der Waals surface area (Å²) in [5.41, 5.74) is 5.09. The van der Waals surface area contributed by atoms with Gasteiger partial charge in [0, 0.05) is 19.1 Å². The molecular formula is C6H13N3O. The van der Waals surface area contributed by atoms with Gasteiger partial charge in [-0.05, 0) is 6.92 Å². The van der Waals surface area contributed by atoms with Gasteiger partial charge in [-0.3, -0.25) is 4.79 Å². The molecular weight excluding hydrogens is 130 g/mol. The third kappa shape index (κ3) is 1.68. The molecule has 0 aromatic rings. The molecule has 1 rings (SSSR count). The summed E-state index contributed by atoms with van der Waals surface area (Å²) in [6, 6.07) is 0.148. The van der Waals surface area contributed by atoms with Crippen LogP contribution in [-0.4, -0.2) is 31.1 Å². The summed E-state index contributed by atoms with van der Waals surface area (Å²) in [4.78, 5) is 10.6. The summed E-state index contributed by atoms with van der Waals surface area (Å²) in [6.07, 6.45) is 0. The highest BCUT2D eigenvalue weighted by Crippen LogP contribution is 1.91. The number of nitrogens with one attached hydrogen (secondary N) is 2. The Morgan fingerprint density at radius 1 is 1.60 bits per heavy atom. The maximum atomic E-state index is 10.6.